The number of piperidine rings is 1. The van der Waals surface area contributed by atoms with Crippen LogP contribution in [0, 0.1) is 5.92 Å². The molecule has 3 nitrogen and oxygen atoms in total. The molecular weight excluding hydrogens is 246 g/mol. The molecule has 1 atom stereocenters. The molecular formula is C14H18ClN3. The Kier molecular flexibility index (Phi) is 3.27. The maximum absolute atomic E-state index is 6.08. The van der Waals surface area contributed by atoms with Crippen LogP contribution in [0.3, 0.4) is 0 Å². The summed E-state index contributed by atoms with van der Waals surface area (Å²) in [6, 6.07) is 6.50. The number of aromatic nitrogens is 2. The summed E-state index contributed by atoms with van der Waals surface area (Å²) in [6.45, 7) is 2.32. The fourth-order valence-electron chi connectivity index (χ4n) is 2.82. The summed E-state index contributed by atoms with van der Waals surface area (Å²) >= 11 is 6.08. The largest absolute Gasteiger partial charge is 0.316 e. The van der Waals surface area contributed by atoms with Crippen LogP contribution >= 0.6 is 11.6 Å². The van der Waals surface area contributed by atoms with Gasteiger partial charge in [0.15, 0.2) is 5.15 Å². The third kappa shape index (κ3) is 2.25. The van der Waals surface area contributed by atoms with Gasteiger partial charge in [0.1, 0.15) is 0 Å². The lowest BCUT2D eigenvalue weighted by Crippen LogP contribution is -2.30. The highest BCUT2D eigenvalue weighted by Crippen LogP contribution is 2.25. The van der Waals surface area contributed by atoms with Crippen molar-refractivity contribution < 1.29 is 0 Å². The van der Waals surface area contributed by atoms with Crippen molar-refractivity contribution in [1.29, 1.82) is 0 Å². The second-order valence-corrected chi connectivity index (χ2v) is 5.54. The fourth-order valence-corrected chi connectivity index (χ4v) is 3.09. The zero-order valence-corrected chi connectivity index (χ0v) is 11.4. The quantitative estimate of drug-likeness (QED) is 0.903. The molecule has 0 spiro atoms. The zero-order valence-electron chi connectivity index (χ0n) is 10.6. The summed E-state index contributed by atoms with van der Waals surface area (Å²) in [5.74, 6) is 0.764. The van der Waals surface area contributed by atoms with E-state index in [2.05, 4.69) is 28.6 Å². The van der Waals surface area contributed by atoms with Gasteiger partial charge in [0.25, 0.3) is 0 Å². The minimum absolute atomic E-state index is 0.596. The molecule has 2 aromatic rings. The van der Waals surface area contributed by atoms with Crippen LogP contribution in [0.25, 0.3) is 10.9 Å². The summed E-state index contributed by atoms with van der Waals surface area (Å²) < 4.78 is 1.86. The van der Waals surface area contributed by atoms with Crippen LogP contribution in [0.5, 0.6) is 0 Å². The Morgan fingerprint density at radius 1 is 1.50 bits per heavy atom. The molecule has 0 saturated carbocycles. The maximum atomic E-state index is 6.08. The number of fused-ring (bicyclic) bond motifs is 1. The summed E-state index contributed by atoms with van der Waals surface area (Å²) in [6.07, 6.45) is 3.77. The van der Waals surface area contributed by atoms with E-state index in [0.29, 0.717) is 5.15 Å². The van der Waals surface area contributed by atoms with Crippen LogP contribution in [0.4, 0.5) is 0 Å². The van der Waals surface area contributed by atoms with Crippen molar-refractivity contribution in [2.45, 2.75) is 19.3 Å². The van der Waals surface area contributed by atoms with Gasteiger partial charge in [-0.05, 0) is 56.0 Å². The number of benzene rings is 1. The van der Waals surface area contributed by atoms with E-state index in [-0.39, 0.29) is 0 Å². The summed E-state index contributed by atoms with van der Waals surface area (Å²) in [4.78, 5) is 0. The predicted octanol–water partition coefficient (Wildman–Crippen LogP) is 2.77. The molecule has 1 aliphatic rings. The number of rotatable bonds is 2. The van der Waals surface area contributed by atoms with Crippen molar-refractivity contribution in [1.82, 2.24) is 15.1 Å². The highest BCUT2D eigenvalue weighted by atomic mass is 35.5. The van der Waals surface area contributed by atoms with Crippen LogP contribution in [0.15, 0.2) is 18.2 Å². The molecule has 3 rings (SSSR count). The van der Waals surface area contributed by atoms with Crippen molar-refractivity contribution in [2.75, 3.05) is 13.1 Å². The third-order valence-electron chi connectivity index (χ3n) is 3.79. The van der Waals surface area contributed by atoms with E-state index in [0.717, 1.165) is 29.8 Å². The van der Waals surface area contributed by atoms with Gasteiger partial charge in [0.05, 0.1) is 5.52 Å². The molecule has 18 heavy (non-hydrogen) atoms. The van der Waals surface area contributed by atoms with E-state index < -0.39 is 0 Å². The molecule has 0 bridgehead atoms. The Bertz CT molecular complexity index is 555. The minimum Gasteiger partial charge on any atom is -0.316 e. The molecule has 1 unspecified atom stereocenters. The SMILES string of the molecule is Cn1nc(Cl)c2ccc(CC3CCCNC3)cc21. The first-order chi connectivity index (χ1) is 8.74. The molecule has 1 aromatic heterocycles. The smallest absolute Gasteiger partial charge is 0.158 e. The molecule has 1 saturated heterocycles. The van der Waals surface area contributed by atoms with Crippen molar-refractivity contribution in [2.24, 2.45) is 13.0 Å². The Balaban J connectivity index is 1.86. The lowest BCUT2D eigenvalue weighted by Gasteiger charge is -2.22. The van der Waals surface area contributed by atoms with Gasteiger partial charge in [0, 0.05) is 12.4 Å². The summed E-state index contributed by atoms with van der Waals surface area (Å²) in [7, 11) is 1.94. The molecule has 4 heteroatoms. The molecule has 1 N–H and O–H groups in total. The molecule has 1 aromatic carbocycles. The van der Waals surface area contributed by atoms with Gasteiger partial charge in [0.2, 0.25) is 0 Å². The monoisotopic (exact) mass is 263 g/mol. The van der Waals surface area contributed by atoms with Crippen LogP contribution < -0.4 is 5.32 Å². The highest BCUT2D eigenvalue weighted by Gasteiger charge is 2.14. The van der Waals surface area contributed by atoms with E-state index in [1.807, 2.05) is 11.7 Å². The van der Waals surface area contributed by atoms with Gasteiger partial charge in [-0.25, -0.2) is 0 Å². The fraction of sp³-hybridized carbons (Fsp3) is 0.500. The highest BCUT2D eigenvalue weighted by molar-refractivity contribution is 6.34. The molecule has 1 aliphatic heterocycles. The average molecular weight is 264 g/mol. The molecule has 1 fully saturated rings. The van der Waals surface area contributed by atoms with E-state index in [1.165, 1.54) is 24.9 Å². The number of nitrogens with one attached hydrogen (secondary N) is 1. The number of hydrogen-bond donors (Lipinski definition) is 1. The third-order valence-corrected chi connectivity index (χ3v) is 4.07. The van der Waals surface area contributed by atoms with E-state index in [4.69, 9.17) is 11.6 Å². The van der Waals surface area contributed by atoms with Gasteiger partial charge >= 0.3 is 0 Å². The Labute approximate surface area is 112 Å². The van der Waals surface area contributed by atoms with Gasteiger partial charge in [-0.15, -0.1) is 0 Å². The minimum atomic E-state index is 0.596. The first-order valence-electron chi connectivity index (χ1n) is 6.56. The van der Waals surface area contributed by atoms with Crippen LogP contribution in [-0.4, -0.2) is 22.9 Å². The first-order valence-corrected chi connectivity index (χ1v) is 6.93. The molecule has 2 heterocycles. The number of aryl methyl sites for hydroxylation is 1. The molecule has 0 amide bonds. The number of halogens is 1. The molecule has 96 valence electrons. The summed E-state index contributed by atoms with van der Waals surface area (Å²) in [5, 5.41) is 9.36. The van der Waals surface area contributed by atoms with Crippen LogP contribution in [0.2, 0.25) is 5.15 Å². The Morgan fingerprint density at radius 2 is 2.39 bits per heavy atom. The number of nitrogens with zero attached hydrogens (tertiary/aromatic N) is 2. The molecule has 0 aliphatic carbocycles. The lowest BCUT2D eigenvalue weighted by molar-refractivity contribution is 0.376. The van der Waals surface area contributed by atoms with E-state index in [1.54, 1.807) is 0 Å². The van der Waals surface area contributed by atoms with Crippen LogP contribution in [0.1, 0.15) is 18.4 Å². The van der Waals surface area contributed by atoms with Crippen molar-refractivity contribution in [3.8, 4) is 0 Å². The second kappa shape index (κ2) is 4.90. The Hall–Kier alpha value is -1.06. The standard InChI is InChI=1S/C14H18ClN3/c1-18-13-8-10(4-5-12(13)14(15)17-18)7-11-3-2-6-16-9-11/h4-5,8,11,16H,2-3,6-7,9H2,1H3. The van der Waals surface area contributed by atoms with Crippen molar-refractivity contribution >= 4 is 22.5 Å². The topological polar surface area (TPSA) is 29.9 Å². The number of hydrogen-bond acceptors (Lipinski definition) is 2. The summed E-state index contributed by atoms with van der Waals surface area (Å²) in [5.41, 5.74) is 2.51. The van der Waals surface area contributed by atoms with Crippen molar-refractivity contribution in [3.05, 3.63) is 28.9 Å². The van der Waals surface area contributed by atoms with E-state index >= 15 is 0 Å². The van der Waals surface area contributed by atoms with Gasteiger partial charge in [-0.3, -0.25) is 4.68 Å². The molecule has 0 radical (unpaired) electrons. The maximum Gasteiger partial charge on any atom is 0.158 e. The van der Waals surface area contributed by atoms with Gasteiger partial charge < -0.3 is 5.32 Å². The van der Waals surface area contributed by atoms with Crippen LogP contribution in [-0.2, 0) is 13.5 Å². The first kappa shape index (κ1) is 12.0. The average Bonchev–Trinajstić information content (AvgIpc) is 2.66. The van der Waals surface area contributed by atoms with E-state index in [9.17, 15) is 0 Å². The predicted molar refractivity (Wildman–Crippen MR) is 75.0 cm³/mol. The van der Waals surface area contributed by atoms with Gasteiger partial charge in [-0.2, -0.15) is 5.10 Å². The second-order valence-electron chi connectivity index (χ2n) is 5.18. The van der Waals surface area contributed by atoms with Gasteiger partial charge in [-0.1, -0.05) is 17.7 Å². The lowest BCUT2D eigenvalue weighted by atomic mass is 9.92. The normalized spacial score (nSPS) is 20.4. The Morgan fingerprint density at radius 3 is 3.17 bits per heavy atom. The zero-order chi connectivity index (χ0) is 12.5. The van der Waals surface area contributed by atoms with Crippen molar-refractivity contribution in [3.63, 3.8) is 0 Å².